The summed E-state index contributed by atoms with van der Waals surface area (Å²) in [7, 11) is 0. The summed E-state index contributed by atoms with van der Waals surface area (Å²) in [5.41, 5.74) is 10.7. The van der Waals surface area contributed by atoms with E-state index < -0.39 is 40.0 Å². The zero-order valence-corrected chi connectivity index (χ0v) is 23.6. The number of rotatable bonds is 11. The van der Waals surface area contributed by atoms with Gasteiger partial charge in [-0.2, -0.15) is 0 Å². The molecule has 3 aromatic rings. The van der Waals surface area contributed by atoms with Crippen LogP contribution in [0.2, 0.25) is 0 Å². The number of unbranched alkanes of at least 4 members (excludes halogenated alkanes) is 1. The van der Waals surface area contributed by atoms with Crippen LogP contribution < -0.4 is 22.3 Å². The van der Waals surface area contributed by atoms with Gasteiger partial charge in [0.15, 0.2) is 0 Å². The Morgan fingerprint density at radius 3 is 2.72 bits per heavy atom. The quantitative estimate of drug-likeness (QED) is 0.0982. The fourth-order valence-electron chi connectivity index (χ4n) is 5.69. The molecule has 14 heteroatoms. The minimum Gasteiger partial charge on any atom is -0.457 e. The number of hydrogen-bond donors (Lipinski definition) is 3. The highest BCUT2D eigenvalue weighted by atomic mass is 16.6. The molecule has 1 unspecified atom stereocenters. The van der Waals surface area contributed by atoms with Gasteiger partial charge in [-0.05, 0) is 50.4 Å². The number of non-ortho nitro benzene ring substituents is 1. The number of carbonyl (C=O) groups is 3. The number of ether oxygens (including phenoxy) is 2. The first-order chi connectivity index (χ1) is 20.6. The van der Waals surface area contributed by atoms with E-state index in [4.69, 9.17) is 20.9 Å². The second-order valence-corrected chi connectivity index (χ2v) is 10.5. The summed E-state index contributed by atoms with van der Waals surface area (Å²) in [6.07, 6.45) is 1.29. The predicted molar refractivity (Wildman–Crippen MR) is 154 cm³/mol. The van der Waals surface area contributed by atoms with Crippen LogP contribution in [0.1, 0.15) is 55.7 Å². The van der Waals surface area contributed by atoms with E-state index in [1.807, 2.05) is 0 Å². The van der Waals surface area contributed by atoms with Gasteiger partial charge in [0.25, 0.3) is 11.2 Å². The normalized spacial score (nSPS) is 17.4. The number of pyridine rings is 2. The van der Waals surface area contributed by atoms with Gasteiger partial charge in [-0.1, -0.05) is 13.0 Å². The van der Waals surface area contributed by atoms with Gasteiger partial charge in [0.1, 0.15) is 12.6 Å². The van der Waals surface area contributed by atoms with Crippen LogP contribution in [0.3, 0.4) is 0 Å². The lowest BCUT2D eigenvalue weighted by Crippen LogP contribution is -2.51. The number of cyclic esters (lactones) is 1. The molecule has 0 spiro atoms. The molecule has 2 aliphatic rings. The molecule has 5 rings (SSSR count). The van der Waals surface area contributed by atoms with E-state index in [-0.39, 0.29) is 55.8 Å². The van der Waals surface area contributed by atoms with E-state index in [9.17, 15) is 29.3 Å². The van der Waals surface area contributed by atoms with Crippen LogP contribution in [0.25, 0.3) is 22.3 Å². The Bertz CT molecular complexity index is 1700. The van der Waals surface area contributed by atoms with Gasteiger partial charge in [0.05, 0.1) is 39.3 Å². The first-order valence-electron chi connectivity index (χ1n) is 14.1. The van der Waals surface area contributed by atoms with E-state index in [0.29, 0.717) is 47.2 Å². The van der Waals surface area contributed by atoms with Crippen LogP contribution >= 0.6 is 0 Å². The third kappa shape index (κ3) is 5.23. The van der Waals surface area contributed by atoms with Crippen molar-refractivity contribution in [2.45, 2.75) is 63.8 Å². The number of nitrogens with one attached hydrogen (secondary N) is 1. The van der Waals surface area contributed by atoms with Crippen molar-refractivity contribution >= 4 is 34.4 Å². The number of nitro groups is 1. The van der Waals surface area contributed by atoms with Crippen molar-refractivity contribution < 1.29 is 28.8 Å². The molecular weight excluding hydrogens is 560 g/mol. The molecule has 43 heavy (non-hydrogen) atoms. The summed E-state index contributed by atoms with van der Waals surface area (Å²) in [6.45, 7) is 1.89. The number of aromatic nitrogens is 2. The van der Waals surface area contributed by atoms with Crippen LogP contribution in [0.5, 0.6) is 0 Å². The van der Waals surface area contributed by atoms with Crippen molar-refractivity contribution in [1.29, 1.82) is 0 Å². The summed E-state index contributed by atoms with van der Waals surface area (Å²) < 4.78 is 12.8. The smallest absolute Gasteiger partial charge is 0.355 e. The Morgan fingerprint density at radius 2 is 2.02 bits per heavy atom. The van der Waals surface area contributed by atoms with Crippen molar-refractivity contribution in [3.05, 3.63) is 67.5 Å². The van der Waals surface area contributed by atoms with Crippen molar-refractivity contribution in [1.82, 2.24) is 14.9 Å². The first kappa shape index (κ1) is 29.8. The van der Waals surface area contributed by atoms with E-state index >= 15 is 0 Å². The van der Waals surface area contributed by atoms with Crippen molar-refractivity contribution in [3.8, 4) is 11.4 Å². The summed E-state index contributed by atoms with van der Waals surface area (Å²) in [6, 6.07) is 6.73. The van der Waals surface area contributed by atoms with Crippen molar-refractivity contribution in [2.24, 2.45) is 11.5 Å². The Morgan fingerprint density at radius 1 is 1.23 bits per heavy atom. The topological polar surface area (TPSA) is 212 Å². The highest BCUT2D eigenvalue weighted by molar-refractivity contribution is 5.92. The van der Waals surface area contributed by atoms with E-state index in [0.717, 1.165) is 0 Å². The second-order valence-electron chi connectivity index (χ2n) is 10.5. The SMILES string of the molecule is CC[C@]1(OC(=O)C(CCCCN)NC(=O)CCN)C(=O)OCc2c1cc1n(c2=O)Cc2cc3c([N+](=O)[O-])cccc3nc2-1. The lowest BCUT2D eigenvalue weighted by atomic mass is 9.85. The van der Waals surface area contributed by atoms with Crippen LogP contribution in [0.4, 0.5) is 5.69 Å². The largest absolute Gasteiger partial charge is 0.457 e. The molecule has 4 heterocycles. The summed E-state index contributed by atoms with van der Waals surface area (Å²) in [4.78, 5) is 68.8. The maximum atomic E-state index is 13.8. The number of nitrogens with zero attached hydrogens (tertiary/aromatic N) is 3. The molecule has 0 saturated carbocycles. The van der Waals surface area contributed by atoms with Gasteiger partial charge in [-0.3, -0.25) is 19.7 Å². The average molecular weight is 593 g/mol. The highest BCUT2D eigenvalue weighted by Crippen LogP contribution is 2.41. The van der Waals surface area contributed by atoms with Gasteiger partial charge in [-0.25, -0.2) is 14.6 Å². The molecule has 0 aliphatic carbocycles. The van der Waals surface area contributed by atoms with Crippen LogP contribution in [0, 0.1) is 10.1 Å². The summed E-state index contributed by atoms with van der Waals surface area (Å²) >= 11 is 0. The molecule has 0 saturated heterocycles. The lowest BCUT2D eigenvalue weighted by Gasteiger charge is -2.36. The Balaban J connectivity index is 1.58. The van der Waals surface area contributed by atoms with Crippen molar-refractivity contribution in [2.75, 3.05) is 13.1 Å². The van der Waals surface area contributed by atoms with Gasteiger partial charge >= 0.3 is 11.9 Å². The highest BCUT2D eigenvalue weighted by Gasteiger charge is 2.51. The molecule has 1 aromatic carbocycles. The number of amides is 1. The third-order valence-electron chi connectivity index (χ3n) is 7.91. The zero-order chi connectivity index (χ0) is 30.9. The number of nitrogens with two attached hydrogens (primary N) is 2. The zero-order valence-electron chi connectivity index (χ0n) is 23.6. The van der Waals surface area contributed by atoms with Gasteiger partial charge in [0, 0.05) is 30.2 Å². The summed E-state index contributed by atoms with van der Waals surface area (Å²) in [5.74, 6) is -2.14. The first-order valence-corrected chi connectivity index (χ1v) is 14.1. The van der Waals surface area contributed by atoms with Crippen LogP contribution in [-0.4, -0.2) is 51.5 Å². The second kappa shape index (κ2) is 11.9. The molecular formula is C29H32N6O8. The fraction of sp³-hybridized carbons (Fsp3) is 0.414. The number of fused-ring (bicyclic) bond motifs is 5. The number of nitro benzene ring substituents is 1. The average Bonchev–Trinajstić information content (AvgIpc) is 3.34. The molecule has 0 radical (unpaired) electrons. The van der Waals surface area contributed by atoms with Gasteiger partial charge < -0.3 is 30.8 Å². The number of hydrogen-bond acceptors (Lipinski definition) is 11. The molecule has 2 aromatic heterocycles. The Labute approximate surface area is 245 Å². The molecule has 14 nitrogen and oxygen atoms in total. The maximum absolute atomic E-state index is 13.8. The van der Waals surface area contributed by atoms with Crippen LogP contribution in [0.15, 0.2) is 35.1 Å². The van der Waals surface area contributed by atoms with E-state index in [2.05, 4.69) is 10.3 Å². The Kier molecular flexibility index (Phi) is 8.24. The predicted octanol–water partition coefficient (Wildman–Crippen LogP) is 1.50. The molecule has 226 valence electrons. The number of benzene rings is 1. The number of carbonyl (C=O) groups excluding carboxylic acids is 3. The van der Waals surface area contributed by atoms with Gasteiger partial charge in [0.2, 0.25) is 11.5 Å². The molecule has 2 aliphatic heterocycles. The van der Waals surface area contributed by atoms with Crippen molar-refractivity contribution in [3.63, 3.8) is 0 Å². The lowest BCUT2D eigenvalue weighted by molar-refractivity contribution is -0.383. The minimum atomic E-state index is -1.96. The van der Waals surface area contributed by atoms with Gasteiger partial charge in [-0.15, -0.1) is 0 Å². The molecule has 5 N–H and O–H groups in total. The van der Waals surface area contributed by atoms with E-state index in [1.165, 1.54) is 16.7 Å². The standard InChI is InChI=1S/C29H32N6O8/c1-2-29(43-27(38)21(6-3-4-10-30)32-24(36)9-11-31)19-13-23-25-16(14-34(23)26(37)18(19)15-42-28(29)39)12-17-20(33-25)7-5-8-22(17)35(40)41/h5,7-8,12-13,21H,2-4,6,9-11,14-15,30-31H2,1H3,(H,32,36)/t21?,29-/m1/s1. The molecule has 0 bridgehead atoms. The molecule has 2 atom stereocenters. The Hall–Kier alpha value is -4.69. The minimum absolute atomic E-state index is 0.00237. The van der Waals surface area contributed by atoms with Crippen LogP contribution in [-0.2, 0) is 42.6 Å². The molecule has 0 fully saturated rings. The number of esters is 2. The monoisotopic (exact) mass is 592 g/mol. The summed E-state index contributed by atoms with van der Waals surface area (Å²) in [5, 5.41) is 14.6. The maximum Gasteiger partial charge on any atom is 0.355 e. The van der Waals surface area contributed by atoms with E-state index in [1.54, 1.807) is 25.1 Å². The fourth-order valence-corrected chi connectivity index (χ4v) is 5.69. The third-order valence-corrected chi connectivity index (χ3v) is 7.91. The molecule has 1 amide bonds.